The highest BCUT2D eigenvalue weighted by Gasteiger charge is 2.15. The molecule has 1 aromatic heterocycles. The fraction of sp³-hybridized carbons (Fsp3) is 0.429. The van der Waals surface area contributed by atoms with Crippen LogP contribution in [0.5, 0.6) is 0 Å². The molecule has 0 fully saturated rings. The molecule has 0 saturated carbocycles. The lowest BCUT2D eigenvalue weighted by Gasteiger charge is -1.96. The number of carbonyl (C=O) groups is 1. The predicted octanol–water partition coefficient (Wildman–Crippen LogP) is 0.540. The van der Waals surface area contributed by atoms with Crippen molar-refractivity contribution in [3.8, 4) is 0 Å². The van der Waals surface area contributed by atoms with Gasteiger partial charge in [-0.25, -0.2) is 9.78 Å². The number of hydrogen-bond donors (Lipinski definition) is 1. The minimum Gasteiger partial charge on any atom is -0.464 e. The second-order valence-corrected chi connectivity index (χ2v) is 2.15. The van der Waals surface area contributed by atoms with Gasteiger partial charge in [-0.2, -0.15) is 0 Å². The molecule has 0 bridgehead atoms. The zero-order chi connectivity index (χ0) is 8.97. The number of oxazole rings is 1. The lowest BCUT2D eigenvalue weighted by atomic mass is 10.2. The van der Waals surface area contributed by atoms with Crippen LogP contribution in [0.4, 0.5) is 0 Å². The number of hydrogen-bond acceptors (Lipinski definition) is 5. The maximum absolute atomic E-state index is 11.0. The van der Waals surface area contributed by atoms with Crippen LogP contribution >= 0.6 is 17.0 Å². The first-order chi connectivity index (χ1) is 5.79. The molecule has 0 aliphatic rings. The van der Waals surface area contributed by atoms with Gasteiger partial charge in [0.25, 0.3) is 0 Å². The average molecular weight is 251 g/mol. The third kappa shape index (κ3) is 2.82. The van der Waals surface area contributed by atoms with E-state index in [1.54, 1.807) is 0 Å². The fourth-order valence-corrected chi connectivity index (χ4v) is 0.842. The van der Waals surface area contributed by atoms with Crippen molar-refractivity contribution in [3.63, 3.8) is 0 Å². The van der Waals surface area contributed by atoms with Gasteiger partial charge in [-0.1, -0.05) is 0 Å². The summed E-state index contributed by atoms with van der Waals surface area (Å²) in [7, 11) is 1.29. The van der Waals surface area contributed by atoms with Crippen molar-refractivity contribution in [2.45, 2.75) is 6.42 Å². The van der Waals surface area contributed by atoms with Crippen LogP contribution in [-0.4, -0.2) is 24.6 Å². The summed E-state index contributed by atoms with van der Waals surface area (Å²) in [4.78, 5) is 14.7. The molecule has 2 N–H and O–H groups in total. The first-order valence-corrected chi connectivity index (χ1v) is 3.50. The molecular weight excluding hydrogens is 240 g/mol. The molecular formula is C7H11BrN2O3. The number of nitrogens with two attached hydrogens (primary N) is 1. The fourth-order valence-electron chi connectivity index (χ4n) is 0.842. The molecule has 0 aromatic carbocycles. The van der Waals surface area contributed by atoms with Gasteiger partial charge >= 0.3 is 5.97 Å². The Morgan fingerprint density at radius 3 is 3.00 bits per heavy atom. The van der Waals surface area contributed by atoms with Crippen LogP contribution in [0.2, 0.25) is 0 Å². The van der Waals surface area contributed by atoms with Crippen molar-refractivity contribution in [2.75, 3.05) is 13.7 Å². The van der Waals surface area contributed by atoms with Crippen LogP contribution in [0.3, 0.4) is 0 Å². The molecule has 1 rings (SSSR count). The molecule has 13 heavy (non-hydrogen) atoms. The Balaban J connectivity index is 0.00000144. The van der Waals surface area contributed by atoms with Gasteiger partial charge in [-0.15, -0.1) is 17.0 Å². The summed E-state index contributed by atoms with van der Waals surface area (Å²) in [6.45, 7) is 0.416. The summed E-state index contributed by atoms with van der Waals surface area (Å²) < 4.78 is 9.42. The number of halogens is 1. The lowest BCUT2D eigenvalue weighted by molar-refractivity contribution is 0.0592. The third-order valence-corrected chi connectivity index (χ3v) is 1.39. The Hall–Kier alpha value is -0.880. The summed E-state index contributed by atoms with van der Waals surface area (Å²) >= 11 is 0. The second kappa shape index (κ2) is 5.71. The number of aromatic nitrogens is 1. The molecule has 0 saturated heterocycles. The third-order valence-electron chi connectivity index (χ3n) is 1.39. The summed E-state index contributed by atoms with van der Waals surface area (Å²) in [6, 6.07) is 0. The van der Waals surface area contributed by atoms with Gasteiger partial charge < -0.3 is 14.9 Å². The first-order valence-electron chi connectivity index (χ1n) is 3.50. The monoisotopic (exact) mass is 250 g/mol. The highest BCUT2D eigenvalue weighted by Crippen LogP contribution is 2.07. The number of carbonyl (C=O) groups excluding carboxylic acids is 1. The summed E-state index contributed by atoms with van der Waals surface area (Å²) in [6.07, 6.45) is 1.70. The van der Waals surface area contributed by atoms with E-state index in [0.717, 1.165) is 0 Å². The van der Waals surface area contributed by atoms with Crippen LogP contribution in [-0.2, 0) is 11.2 Å². The maximum atomic E-state index is 11.0. The largest absolute Gasteiger partial charge is 0.464 e. The van der Waals surface area contributed by atoms with Crippen molar-refractivity contribution in [3.05, 3.63) is 17.8 Å². The van der Waals surface area contributed by atoms with E-state index in [9.17, 15) is 4.79 Å². The topological polar surface area (TPSA) is 78.3 Å². The van der Waals surface area contributed by atoms with E-state index in [4.69, 9.17) is 10.2 Å². The minimum atomic E-state index is -0.493. The SMILES string of the molecule is Br.COC(=O)c1ncoc1CCN. The Kier molecular flexibility index (Phi) is 5.33. The maximum Gasteiger partial charge on any atom is 0.360 e. The summed E-state index contributed by atoms with van der Waals surface area (Å²) in [5.74, 6) is -0.0171. The minimum absolute atomic E-state index is 0. The number of ether oxygens (including phenoxy) is 1. The quantitative estimate of drug-likeness (QED) is 0.793. The molecule has 6 heteroatoms. The predicted molar refractivity (Wildman–Crippen MR) is 50.9 cm³/mol. The van der Waals surface area contributed by atoms with E-state index < -0.39 is 5.97 Å². The van der Waals surface area contributed by atoms with Crippen LogP contribution in [0.15, 0.2) is 10.8 Å². The lowest BCUT2D eigenvalue weighted by Crippen LogP contribution is -2.09. The van der Waals surface area contributed by atoms with Crippen molar-refractivity contribution < 1.29 is 13.9 Å². The summed E-state index contributed by atoms with van der Waals surface area (Å²) in [5, 5.41) is 0. The van der Waals surface area contributed by atoms with Gasteiger partial charge in [0, 0.05) is 6.42 Å². The molecule has 0 radical (unpaired) electrons. The Labute approximate surface area is 86.0 Å². The molecule has 0 spiro atoms. The number of rotatable bonds is 3. The van der Waals surface area contributed by atoms with Crippen LogP contribution in [0.1, 0.15) is 16.2 Å². The smallest absolute Gasteiger partial charge is 0.360 e. The normalized spacial score (nSPS) is 9.08. The van der Waals surface area contributed by atoms with Crippen molar-refractivity contribution >= 4 is 23.0 Å². The van der Waals surface area contributed by atoms with E-state index in [2.05, 4.69) is 9.72 Å². The Bertz CT molecular complexity index is 274. The molecule has 0 unspecified atom stereocenters. The van der Waals surface area contributed by atoms with Gasteiger partial charge in [0.15, 0.2) is 12.1 Å². The van der Waals surface area contributed by atoms with Gasteiger partial charge in [-0.05, 0) is 6.54 Å². The highest BCUT2D eigenvalue weighted by molar-refractivity contribution is 8.93. The highest BCUT2D eigenvalue weighted by atomic mass is 79.9. The van der Waals surface area contributed by atoms with E-state index >= 15 is 0 Å². The van der Waals surface area contributed by atoms with Crippen LogP contribution in [0, 0.1) is 0 Å². The Morgan fingerprint density at radius 2 is 2.46 bits per heavy atom. The molecule has 5 nitrogen and oxygen atoms in total. The van der Waals surface area contributed by atoms with Crippen molar-refractivity contribution in [2.24, 2.45) is 5.73 Å². The molecule has 0 aliphatic heterocycles. The Morgan fingerprint density at radius 1 is 1.77 bits per heavy atom. The molecule has 0 atom stereocenters. The van der Waals surface area contributed by atoms with Gasteiger partial charge in [-0.3, -0.25) is 0 Å². The van der Waals surface area contributed by atoms with Gasteiger partial charge in [0.2, 0.25) is 0 Å². The first kappa shape index (κ1) is 12.1. The second-order valence-electron chi connectivity index (χ2n) is 2.15. The number of nitrogens with zero attached hydrogens (tertiary/aromatic N) is 1. The average Bonchev–Trinajstić information content (AvgIpc) is 2.52. The summed E-state index contributed by atoms with van der Waals surface area (Å²) in [5.41, 5.74) is 5.50. The van der Waals surface area contributed by atoms with E-state index in [1.807, 2.05) is 0 Å². The van der Waals surface area contributed by atoms with Gasteiger partial charge in [0.05, 0.1) is 7.11 Å². The zero-order valence-corrected chi connectivity index (χ0v) is 8.86. The van der Waals surface area contributed by atoms with Crippen molar-refractivity contribution in [1.82, 2.24) is 4.98 Å². The number of esters is 1. The molecule has 1 aromatic rings. The standard InChI is InChI=1S/C7H10N2O3.BrH/c1-11-7(10)6-5(2-3-8)12-4-9-6;/h4H,2-3,8H2,1H3;1H. The molecule has 1 heterocycles. The van der Waals surface area contributed by atoms with E-state index in [-0.39, 0.29) is 22.7 Å². The van der Waals surface area contributed by atoms with Crippen molar-refractivity contribution in [1.29, 1.82) is 0 Å². The molecule has 0 aliphatic carbocycles. The van der Waals surface area contributed by atoms with Crippen LogP contribution < -0.4 is 5.73 Å². The van der Waals surface area contributed by atoms with Gasteiger partial charge in [0.1, 0.15) is 5.76 Å². The molecule has 74 valence electrons. The zero-order valence-electron chi connectivity index (χ0n) is 7.15. The van der Waals surface area contributed by atoms with E-state index in [0.29, 0.717) is 18.7 Å². The van der Waals surface area contributed by atoms with E-state index in [1.165, 1.54) is 13.5 Å². The van der Waals surface area contributed by atoms with Crippen LogP contribution in [0.25, 0.3) is 0 Å². The number of methoxy groups -OCH3 is 1. The molecule has 0 amide bonds.